The predicted octanol–water partition coefficient (Wildman–Crippen LogP) is 4.06. The largest absolute Gasteiger partial charge is 0.496 e. The number of hydrogen-bond acceptors (Lipinski definition) is 4. The van der Waals surface area contributed by atoms with Crippen LogP contribution >= 0.6 is 0 Å². The molecule has 2 N–H and O–H groups in total. The summed E-state index contributed by atoms with van der Waals surface area (Å²) in [5, 5.41) is 5.67. The van der Waals surface area contributed by atoms with Gasteiger partial charge in [-0.05, 0) is 76.3 Å². The molecule has 2 aromatic carbocycles. The minimum atomic E-state index is -0.256. The molecule has 0 saturated carbocycles. The molecule has 0 spiro atoms. The van der Waals surface area contributed by atoms with E-state index in [4.69, 9.17) is 9.73 Å². The van der Waals surface area contributed by atoms with Crippen LogP contribution in [0, 0.1) is 27.7 Å². The van der Waals surface area contributed by atoms with Crippen LogP contribution in [-0.2, 0) is 19.5 Å². The van der Waals surface area contributed by atoms with E-state index < -0.39 is 0 Å². The van der Waals surface area contributed by atoms with Gasteiger partial charge in [0.1, 0.15) is 11.2 Å². The fourth-order valence-corrected chi connectivity index (χ4v) is 5.07. The molecule has 1 aliphatic heterocycles. The van der Waals surface area contributed by atoms with E-state index in [2.05, 4.69) is 35.8 Å². The van der Waals surface area contributed by atoms with Crippen LogP contribution < -0.4 is 26.5 Å². The smallest absolute Gasteiger partial charge is 0.330 e. The Morgan fingerprint density at radius 3 is 2.41 bits per heavy atom. The highest BCUT2D eigenvalue weighted by molar-refractivity contribution is 5.74. The number of amides is 2. The van der Waals surface area contributed by atoms with E-state index in [9.17, 15) is 9.59 Å². The monoisotopic (exact) mass is 503 g/mol. The Morgan fingerprint density at radius 1 is 1.05 bits per heavy atom. The Balaban J connectivity index is 1.88. The van der Waals surface area contributed by atoms with E-state index in [1.165, 1.54) is 11.1 Å². The normalized spacial score (nSPS) is 12.8. The molecule has 3 aromatic rings. The summed E-state index contributed by atoms with van der Waals surface area (Å²) in [6, 6.07) is 10.1. The minimum Gasteiger partial charge on any atom is -0.496 e. The van der Waals surface area contributed by atoms with Crippen LogP contribution in [0.4, 0.5) is 10.5 Å². The molecule has 196 valence electrons. The van der Waals surface area contributed by atoms with E-state index in [0.717, 1.165) is 45.8 Å². The molecule has 0 saturated heterocycles. The number of fused-ring (bicyclic) bond motifs is 3. The highest BCUT2D eigenvalue weighted by Gasteiger charge is 2.21. The maximum atomic E-state index is 13.8. The van der Waals surface area contributed by atoms with Gasteiger partial charge in [0, 0.05) is 37.3 Å². The van der Waals surface area contributed by atoms with Crippen LogP contribution in [0.5, 0.6) is 5.75 Å². The number of ether oxygens (including phenoxy) is 1. The van der Waals surface area contributed by atoms with Gasteiger partial charge in [-0.15, -0.1) is 0 Å². The second-order valence-corrected chi connectivity index (χ2v) is 10.1. The van der Waals surface area contributed by atoms with Crippen molar-refractivity contribution in [1.29, 1.82) is 0 Å². The maximum absolute atomic E-state index is 13.8. The Hall–Kier alpha value is -3.81. The van der Waals surface area contributed by atoms with Gasteiger partial charge in [0.2, 0.25) is 0 Å². The number of urea groups is 1. The summed E-state index contributed by atoms with van der Waals surface area (Å²) >= 11 is 0. The Bertz CT molecular complexity index is 1460. The number of hydrogen-bond donors (Lipinski definition) is 2. The van der Waals surface area contributed by atoms with Crippen molar-refractivity contribution in [2.45, 2.75) is 67.1 Å². The van der Waals surface area contributed by atoms with Gasteiger partial charge >= 0.3 is 11.7 Å². The maximum Gasteiger partial charge on any atom is 0.330 e. The number of benzene rings is 2. The zero-order valence-electron chi connectivity index (χ0n) is 22.9. The van der Waals surface area contributed by atoms with Gasteiger partial charge in [0.05, 0.1) is 18.5 Å². The van der Waals surface area contributed by atoms with Gasteiger partial charge in [-0.3, -0.25) is 9.13 Å². The molecular weight excluding hydrogens is 466 g/mol. The summed E-state index contributed by atoms with van der Waals surface area (Å²) in [6.45, 7) is 13.2. The third kappa shape index (κ3) is 5.48. The van der Waals surface area contributed by atoms with Crippen LogP contribution in [0.1, 0.15) is 41.7 Å². The van der Waals surface area contributed by atoms with Crippen LogP contribution in [0.2, 0.25) is 0 Å². The number of aryl methyl sites for hydroxylation is 5. The summed E-state index contributed by atoms with van der Waals surface area (Å²) in [5.41, 5.74) is 8.62. The first-order valence-electron chi connectivity index (χ1n) is 12.8. The van der Waals surface area contributed by atoms with Crippen molar-refractivity contribution in [3.05, 3.63) is 74.1 Å². The van der Waals surface area contributed by atoms with Crippen LogP contribution in [-0.4, -0.2) is 34.9 Å². The SMILES string of the molecule is COc1cc2c(cc1C)CCn1c-2cc(=Nc2c(C)cc(C)cc2C)n(CCNC(=O)NC(C)C)c1=O. The van der Waals surface area contributed by atoms with E-state index in [1.54, 1.807) is 16.2 Å². The molecule has 0 bridgehead atoms. The van der Waals surface area contributed by atoms with Crippen molar-refractivity contribution in [2.24, 2.45) is 4.99 Å². The summed E-state index contributed by atoms with van der Waals surface area (Å²) in [7, 11) is 1.66. The third-order valence-corrected chi connectivity index (χ3v) is 6.70. The average molecular weight is 504 g/mol. The molecule has 2 amide bonds. The second-order valence-electron chi connectivity index (χ2n) is 10.1. The van der Waals surface area contributed by atoms with Crippen molar-refractivity contribution in [2.75, 3.05) is 13.7 Å². The molecule has 0 atom stereocenters. The summed E-state index contributed by atoms with van der Waals surface area (Å²) in [5.74, 6) is 0.792. The van der Waals surface area contributed by atoms with Gasteiger partial charge in [0.25, 0.3) is 0 Å². The van der Waals surface area contributed by atoms with E-state index in [0.29, 0.717) is 25.1 Å². The van der Waals surface area contributed by atoms with E-state index >= 15 is 0 Å². The first-order chi connectivity index (χ1) is 17.6. The lowest BCUT2D eigenvalue weighted by Gasteiger charge is -2.24. The number of nitrogens with zero attached hydrogens (tertiary/aromatic N) is 3. The van der Waals surface area contributed by atoms with Gasteiger partial charge < -0.3 is 15.4 Å². The van der Waals surface area contributed by atoms with E-state index in [1.807, 2.05) is 46.8 Å². The van der Waals surface area contributed by atoms with Crippen molar-refractivity contribution in [3.8, 4) is 17.0 Å². The third-order valence-electron chi connectivity index (χ3n) is 6.70. The molecule has 37 heavy (non-hydrogen) atoms. The van der Waals surface area contributed by atoms with Crippen LogP contribution in [0.15, 0.2) is 40.1 Å². The molecule has 0 unspecified atom stereocenters. The fraction of sp³-hybridized carbons (Fsp3) is 0.414. The van der Waals surface area contributed by atoms with Gasteiger partial charge in [-0.25, -0.2) is 14.6 Å². The quantitative estimate of drug-likeness (QED) is 0.532. The molecule has 0 radical (unpaired) electrons. The average Bonchev–Trinajstić information content (AvgIpc) is 2.82. The van der Waals surface area contributed by atoms with Crippen LogP contribution in [0.3, 0.4) is 0 Å². The molecule has 4 rings (SSSR count). The molecule has 1 aromatic heterocycles. The molecule has 0 fully saturated rings. The van der Waals surface area contributed by atoms with Crippen molar-refractivity contribution >= 4 is 11.7 Å². The number of methoxy groups -OCH3 is 1. The summed E-state index contributed by atoms with van der Waals surface area (Å²) in [6.07, 6.45) is 0.759. The van der Waals surface area contributed by atoms with Crippen molar-refractivity contribution in [1.82, 2.24) is 19.8 Å². The highest BCUT2D eigenvalue weighted by atomic mass is 16.5. The number of aromatic nitrogens is 2. The fourth-order valence-electron chi connectivity index (χ4n) is 5.07. The Morgan fingerprint density at radius 2 is 1.76 bits per heavy atom. The lowest BCUT2D eigenvalue weighted by molar-refractivity contribution is 0.238. The number of nitrogens with one attached hydrogen (secondary N) is 2. The van der Waals surface area contributed by atoms with Gasteiger partial charge in [-0.1, -0.05) is 23.8 Å². The zero-order valence-corrected chi connectivity index (χ0v) is 22.9. The molecule has 2 heterocycles. The van der Waals surface area contributed by atoms with Crippen LogP contribution in [0.25, 0.3) is 11.3 Å². The number of carbonyl (C=O) groups is 1. The summed E-state index contributed by atoms with van der Waals surface area (Å²) in [4.78, 5) is 31.0. The summed E-state index contributed by atoms with van der Waals surface area (Å²) < 4.78 is 9.06. The van der Waals surface area contributed by atoms with E-state index in [-0.39, 0.29) is 17.8 Å². The predicted molar refractivity (Wildman–Crippen MR) is 147 cm³/mol. The lowest BCUT2D eigenvalue weighted by Crippen LogP contribution is -2.46. The number of carbonyl (C=O) groups excluding carboxylic acids is 1. The first kappa shape index (κ1) is 26.3. The molecule has 1 aliphatic rings. The standard InChI is InChI=1S/C29H37N5O3/c1-17(2)31-28(35)30-9-11-34-26(32-27-20(5)12-18(3)13-21(27)6)16-24-23-15-25(37-7)19(4)14-22(23)8-10-33(24)29(34)36/h12-17H,8-11H2,1-7H3,(H2,30,31,35). The lowest BCUT2D eigenvalue weighted by atomic mass is 9.95. The topological polar surface area (TPSA) is 89.7 Å². The van der Waals surface area contributed by atoms with Gasteiger partial charge in [0.15, 0.2) is 0 Å². The Kier molecular flexibility index (Phi) is 7.57. The van der Waals surface area contributed by atoms with Crippen molar-refractivity contribution in [3.63, 3.8) is 0 Å². The molecular formula is C29H37N5O3. The second kappa shape index (κ2) is 10.7. The Labute approximate surface area is 218 Å². The first-order valence-corrected chi connectivity index (χ1v) is 12.8. The van der Waals surface area contributed by atoms with Crippen molar-refractivity contribution < 1.29 is 9.53 Å². The molecule has 8 nitrogen and oxygen atoms in total. The highest BCUT2D eigenvalue weighted by Crippen LogP contribution is 2.33. The molecule has 0 aliphatic carbocycles. The number of rotatable bonds is 6. The van der Waals surface area contributed by atoms with Gasteiger partial charge in [-0.2, -0.15) is 0 Å². The molecule has 8 heteroatoms. The minimum absolute atomic E-state index is 0.0285. The zero-order chi connectivity index (χ0) is 26.9.